The fraction of sp³-hybridized carbons (Fsp3) is 0.240. The summed E-state index contributed by atoms with van der Waals surface area (Å²) >= 11 is 0. The van der Waals surface area contributed by atoms with Crippen molar-refractivity contribution in [3.8, 4) is 56.8 Å². The van der Waals surface area contributed by atoms with E-state index in [2.05, 4.69) is 0 Å². The minimum absolute atomic E-state index is 0.0233. The van der Waals surface area contributed by atoms with E-state index in [0.29, 0.717) is 5.56 Å². The van der Waals surface area contributed by atoms with Gasteiger partial charge in [0.1, 0.15) is 11.5 Å². The van der Waals surface area contributed by atoms with Crippen molar-refractivity contribution in [3.05, 3.63) is 48.5 Å². The summed E-state index contributed by atoms with van der Waals surface area (Å²) in [6, 6.07) is 11.2. The van der Waals surface area contributed by atoms with Crippen LogP contribution in [0, 0.1) is 0 Å². The van der Waals surface area contributed by atoms with Crippen LogP contribution in [-0.4, -0.2) is 70.8 Å². The maximum absolute atomic E-state index is 12.4. The van der Waals surface area contributed by atoms with E-state index in [4.69, 9.17) is 32.6 Å². The number of ether oxygens (including phenoxy) is 3. The van der Waals surface area contributed by atoms with Crippen LogP contribution in [0.3, 0.4) is 0 Å². The number of hydrogen-bond acceptors (Lipinski definition) is 14. The second-order valence-corrected chi connectivity index (χ2v) is 13.5. The van der Waals surface area contributed by atoms with E-state index in [-0.39, 0.29) is 51.2 Å². The molecule has 0 aliphatic heterocycles. The smallest absolute Gasteiger partial charge is 0.306 e. The van der Waals surface area contributed by atoms with Crippen molar-refractivity contribution in [1.82, 2.24) is 5.43 Å². The molecule has 0 spiro atoms. The molecule has 0 aliphatic carbocycles. The molecule has 3 N–H and O–H groups in total. The number of rotatable bonds is 13. The summed E-state index contributed by atoms with van der Waals surface area (Å²) in [7, 11) is -9.51. The second-order valence-electron chi connectivity index (χ2n) is 8.77. The Morgan fingerprint density at radius 3 is 1.79 bits per heavy atom. The molecule has 1 amide bonds. The van der Waals surface area contributed by atoms with Gasteiger partial charge in [0.15, 0.2) is 29.6 Å². The Labute approximate surface area is 248 Å². The van der Waals surface area contributed by atoms with Crippen LogP contribution in [0.15, 0.2) is 48.5 Å². The predicted molar refractivity (Wildman–Crippen MR) is 155 cm³/mol. The highest BCUT2D eigenvalue weighted by molar-refractivity contribution is 7.86. The van der Waals surface area contributed by atoms with Gasteiger partial charge in [-0.2, -0.15) is 25.3 Å². The summed E-state index contributed by atoms with van der Waals surface area (Å²) < 4.78 is 104. The van der Waals surface area contributed by atoms with Crippen molar-refractivity contribution >= 4 is 36.3 Å². The minimum Gasteiger partial charge on any atom is -0.496 e. The standard InChI is InChI=1S/C25H28N2O13S3/c1-35-21-13-18(15-6-9-17(10-7-15)38-41(3,29)30)24(36-2)25(40-43(5,33)34)23(21)16-8-11-19(37-14-22(28)27-26)20(12-16)39-42(4,31)32/h6-13H,14,26H2,1-5H3,(H,27,28). The summed E-state index contributed by atoms with van der Waals surface area (Å²) in [5.41, 5.74) is 2.76. The van der Waals surface area contributed by atoms with Crippen LogP contribution < -0.4 is 38.0 Å². The van der Waals surface area contributed by atoms with Crippen molar-refractivity contribution < 1.29 is 56.8 Å². The average molecular weight is 661 g/mol. The molecule has 43 heavy (non-hydrogen) atoms. The van der Waals surface area contributed by atoms with Gasteiger partial charge in [0.25, 0.3) is 5.91 Å². The highest BCUT2D eigenvalue weighted by Crippen LogP contribution is 2.51. The molecule has 0 bridgehead atoms. The number of hydrogen-bond donors (Lipinski definition) is 2. The largest absolute Gasteiger partial charge is 0.496 e. The van der Waals surface area contributed by atoms with Gasteiger partial charge in [0, 0.05) is 5.56 Å². The number of nitrogens with one attached hydrogen (secondary N) is 1. The zero-order valence-electron chi connectivity index (χ0n) is 23.4. The third-order valence-electron chi connectivity index (χ3n) is 5.26. The summed E-state index contributed by atoms with van der Waals surface area (Å²) in [6.07, 6.45) is 2.49. The first-order valence-corrected chi connectivity index (χ1v) is 17.2. The first-order valence-electron chi connectivity index (χ1n) is 11.8. The van der Waals surface area contributed by atoms with E-state index in [1.54, 1.807) is 0 Å². The van der Waals surface area contributed by atoms with Gasteiger partial charge in [0.2, 0.25) is 0 Å². The van der Waals surface area contributed by atoms with E-state index in [1.807, 2.05) is 5.43 Å². The van der Waals surface area contributed by atoms with Crippen LogP contribution in [0.25, 0.3) is 22.3 Å². The van der Waals surface area contributed by atoms with E-state index in [0.717, 1.165) is 18.8 Å². The summed E-state index contributed by atoms with van der Waals surface area (Å²) in [5.74, 6) is 3.56. The first-order chi connectivity index (χ1) is 19.9. The molecule has 0 aliphatic rings. The van der Waals surface area contributed by atoms with Crippen molar-refractivity contribution in [2.24, 2.45) is 5.84 Å². The number of carbonyl (C=O) groups is 1. The molecule has 0 radical (unpaired) electrons. The van der Waals surface area contributed by atoms with Crippen molar-refractivity contribution in [3.63, 3.8) is 0 Å². The SMILES string of the molecule is COc1cc(-c2ccc(OS(C)(=O)=O)cc2)c(OC)c(OS(C)(=O)=O)c1-c1ccc(OCC(=O)NN)c(OS(C)(=O)=O)c1. The van der Waals surface area contributed by atoms with Crippen LogP contribution in [0.1, 0.15) is 0 Å². The fourth-order valence-corrected chi connectivity index (χ4v) is 5.14. The zero-order valence-corrected chi connectivity index (χ0v) is 25.9. The number of amides is 1. The molecular formula is C25H28N2O13S3. The van der Waals surface area contributed by atoms with Crippen LogP contribution in [0.2, 0.25) is 0 Å². The van der Waals surface area contributed by atoms with Crippen molar-refractivity contribution in [2.75, 3.05) is 39.6 Å². The van der Waals surface area contributed by atoms with Crippen LogP contribution >= 0.6 is 0 Å². The van der Waals surface area contributed by atoms with Crippen LogP contribution in [0.5, 0.6) is 34.5 Å². The Bertz CT molecular complexity index is 1840. The molecule has 0 saturated carbocycles. The third-order valence-corrected chi connectivity index (χ3v) is 6.71. The number of hydrazine groups is 1. The van der Waals surface area contributed by atoms with Crippen molar-refractivity contribution in [2.45, 2.75) is 0 Å². The Morgan fingerprint density at radius 2 is 1.28 bits per heavy atom. The van der Waals surface area contributed by atoms with Gasteiger partial charge in [-0.25, -0.2) is 5.84 Å². The van der Waals surface area contributed by atoms with Crippen LogP contribution in [-0.2, 0) is 35.1 Å². The lowest BCUT2D eigenvalue weighted by Gasteiger charge is -2.21. The number of carbonyl (C=O) groups excluding carboxylic acids is 1. The monoisotopic (exact) mass is 660 g/mol. The molecule has 234 valence electrons. The molecule has 0 aromatic heterocycles. The second kappa shape index (κ2) is 12.9. The van der Waals surface area contributed by atoms with Gasteiger partial charge in [-0.1, -0.05) is 18.2 Å². The quantitative estimate of drug-likeness (QED) is 0.115. The fourth-order valence-electron chi connectivity index (χ4n) is 3.76. The van der Waals surface area contributed by atoms with E-state index in [9.17, 15) is 30.0 Å². The Hall–Kier alpha value is -4.26. The van der Waals surface area contributed by atoms with E-state index < -0.39 is 42.9 Å². The maximum Gasteiger partial charge on any atom is 0.306 e. The minimum atomic E-state index is -4.19. The number of nitrogens with two attached hydrogens (primary N) is 1. The Balaban J connectivity index is 2.30. The van der Waals surface area contributed by atoms with Gasteiger partial charge >= 0.3 is 30.4 Å². The molecule has 0 unspecified atom stereocenters. The van der Waals surface area contributed by atoms with Gasteiger partial charge in [-0.3, -0.25) is 10.2 Å². The normalized spacial score (nSPS) is 11.8. The zero-order chi connectivity index (χ0) is 32.2. The van der Waals surface area contributed by atoms with E-state index in [1.165, 1.54) is 62.8 Å². The molecule has 0 heterocycles. The molecule has 0 fully saturated rings. The molecule has 3 aromatic carbocycles. The molecule has 3 aromatic rings. The molecule has 0 saturated heterocycles. The molecule has 0 atom stereocenters. The van der Waals surface area contributed by atoms with E-state index >= 15 is 0 Å². The summed E-state index contributed by atoms with van der Waals surface area (Å²) in [5, 5.41) is 0. The molecule has 3 rings (SSSR count). The van der Waals surface area contributed by atoms with Crippen LogP contribution in [0.4, 0.5) is 0 Å². The summed E-state index contributed by atoms with van der Waals surface area (Å²) in [4.78, 5) is 11.6. The lowest BCUT2D eigenvalue weighted by molar-refractivity contribution is -0.123. The summed E-state index contributed by atoms with van der Waals surface area (Å²) in [6.45, 7) is -0.571. The number of benzene rings is 3. The molecule has 18 heteroatoms. The van der Waals surface area contributed by atoms with Gasteiger partial charge in [0.05, 0.1) is 38.6 Å². The highest BCUT2D eigenvalue weighted by atomic mass is 32.2. The van der Waals surface area contributed by atoms with Gasteiger partial charge in [-0.05, 0) is 41.5 Å². The topological polar surface area (TPSA) is 213 Å². The first kappa shape index (κ1) is 33.2. The van der Waals surface area contributed by atoms with Gasteiger partial charge in [-0.15, -0.1) is 0 Å². The molecular weight excluding hydrogens is 632 g/mol. The number of methoxy groups -OCH3 is 2. The Kier molecular flexibility index (Phi) is 10.0. The average Bonchev–Trinajstić information content (AvgIpc) is 2.89. The predicted octanol–water partition coefficient (Wildman–Crippen LogP) is 1.42. The lowest BCUT2D eigenvalue weighted by atomic mass is 9.96. The lowest BCUT2D eigenvalue weighted by Crippen LogP contribution is -2.34. The highest BCUT2D eigenvalue weighted by Gasteiger charge is 2.27. The molecule has 15 nitrogen and oxygen atoms in total. The maximum atomic E-state index is 12.4. The van der Waals surface area contributed by atoms with Gasteiger partial charge < -0.3 is 26.8 Å². The van der Waals surface area contributed by atoms with Crippen molar-refractivity contribution in [1.29, 1.82) is 0 Å². The Morgan fingerprint density at radius 1 is 0.698 bits per heavy atom. The third kappa shape index (κ3) is 9.11.